The number of sulfonamides is 1. The molecule has 3 aromatic rings. The van der Waals surface area contributed by atoms with Gasteiger partial charge in [0.2, 0.25) is 11.8 Å². The van der Waals surface area contributed by atoms with Crippen LogP contribution in [0.2, 0.25) is 10.0 Å². The second-order valence-electron chi connectivity index (χ2n) is 9.83. The van der Waals surface area contributed by atoms with Crippen molar-refractivity contribution >= 4 is 50.7 Å². The third kappa shape index (κ3) is 8.55. The predicted octanol–water partition coefficient (Wildman–Crippen LogP) is 6.07. The first-order chi connectivity index (χ1) is 21.0. The van der Waals surface area contributed by atoms with Crippen LogP contribution in [0.25, 0.3) is 0 Å². The van der Waals surface area contributed by atoms with Gasteiger partial charge in [0.05, 0.1) is 24.8 Å². The highest BCUT2D eigenvalue weighted by molar-refractivity contribution is 7.92. The molecular formula is C31H36Cl2FN3O6S. The fourth-order valence-corrected chi connectivity index (χ4v) is 6.40. The number of nitrogens with one attached hydrogen (secondary N) is 1. The molecule has 0 bridgehead atoms. The Hall–Kier alpha value is -3.54. The summed E-state index contributed by atoms with van der Waals surface area (Å²) in [5.74, 6) is -1.18. The number of ether oxygens (including phenoxy) is 2. The molecule has 0 fully saturated rings. The molecule has 0 spiro atoms. The molecule has 0 saturated carbocycles. The van der Waals surface area contributed by atoms with Crippen molar-refractivity contribution in [1.29, 1.82) is 0 Å². The van der Waals surface area contributed by atoms with E-state index in [-0.39, 0.29) is 40.2 Å². The maximum atomic E-state index is 14.2. The van der Waals surface area contributed by atoms with E-state index in [9.17, 15) is 22.4 Å². The predicted molar refractivity (Wildman–Crippen MR) is 169 cm³/mol. The zero-order valence-corrected chi connectivity index (χ0v) is 27.3. The second kappa shape index (κ2) is 16.0. The Morgan fingerprint density at radius 1 is 0.955 bits per heavy atom. The van der Waals surface area contributed by atoms with Crippen molar-refractivity contribution in [2.45, 2.75) is 50.6 Å². The summed E-state index contributed by atoms with van der Waals surface area (Å²) < 4.78 is 53.5. The number of rotatable bonds is 15. The molecule has 238 valence electrons. The zero-order valence-electron chi connectivity index (χ0n) is 25.0. The van der Waals surface area contributed by atoms with E-state index in [1.165, 1.54) is 55.5 Å². The van der Waals surface area contributed by atoms with E-state index in [4.69, 9.17) is 32.7 Å². The van der Waals surface area contributed by atoms with Gasteiger partial charge in [0, 0.05) is 29.2 Å². The van der Waals surface area contributed by atoms with Crippen LogP contribution in [0.3, 0.4) is 0 Å². The lowest BCUT2D eigenvalue weighted by molar-refractivity contribution is -0.140. The second-order valence-corrected chi connectivity index (χ2v) is 12.5. The number of unbranched alkanes of at least 4 members (excludes halogenated alkanes) is 1. The summed E-state index contributed by atoms with van der Waals surface area (Å²) in [6.45, 7) is 3.37. The molecule has 13 heteroatoms. The minimum Gasteiger partial charge on any atom is -0.493 e. The Morgan fingerprint density at radius 3 is 2.23 bits per heavy atom. The van der Waals surface area contributed by atoms with Gasteiger partial charge in [-0.05, 0) is 66.9 Å². The molecule has 2 amide bonds. The molecular weight excluding hydrogens is 632 g/mol. The molecule has 0 aromatic heterocycles. The lowest BCUT2D eigenvalue weighted by Crippen LogP contribution is -2.52. The van der Waals surface area contributed by atoms with Crippen molar-refractivity contribution in [3.63, 3.8) is 0 Å². The van der Waals surface area contributed by atoms with Gasteiger partial charge >= 0.3 is 0 Å². The van der Waals surface area contributed by atoms with E-state index in [0.29, 0.717) is 22.9 Å². The topological polar surface area (TPSA) is 105 Å². The molecule has 0 heterocycles. The van der Waals surface area contributed by atoms with Gasteiger partial charge in [-0.2, -0.15) is 0 Å². The molecule has 0 radical (unpaired) electrons. The van der Waals surface area contributed by atoms with E-state index in [1.54, 1.807) is 19.1 Å². The normalized spacial score (nSPS) is 11.9. The molecule has 3 aromatic carbocycles. The Balaban J connectivity index is 2.09. The summed E-state index contributed by atoms with van der Waals surface area (Å²) in [7, 11) is -1.64. The highest BCUT2D eigenvalue weighted by Gasteiger charge is 2.34. The van der Waals surface area contributed by atoms with Gasteiger partial charge in [0.1, 0.15) is 18.4 Å². The van der Waals surface area contributed by atoms with Crippen LogP contribution in [-0.2, 0) is 26.2 Å². The largest absolute Gasteiger partial charge is 0.493 e. The van der Waals surface area contributed by atoms with E-state index >= 15 is 0 Å². The van der Waals surface area contributed by atoms with Gasteiger partial charge in [-0.1, -0.05) is 49.5 Å². The summed E-state index contributed by atoms with van der Waals surface area (Å²) in [6, 6.07) is 12.6. The lowest BCUT2D eigenvalue weighted by atomic mass is 10.1. The number of amides is 2. The van der Waals surface area contributed by atoms with E-state index in [2.05, 4.69) is 5.32 Å². The number of anilines is 1. The van der Waals surface area contributed by atoms with Crippen LogP contribution < -0.4 is 19.1 Å². The van der Waals surface area contributed by atoms with Gasteiger partial charge in [0.15, 0.2) is 11.5 Å². The third-order valence-electron chi connectivity index (χ3n) is 6.91. The first-order valence-electron chi connectivity index (χ1n) is 14.0. The van der Waals surface area contributed by atoms with Crippen molar-refractivity contribution in [3.05, 3.63) is 82.1 Å². The lowest BCUT2D eigenvalue weighted by Gasteiger charge is -2.33. The quantitative estimate of drug-likeness (QED) is 0.197. The third-order valence-corrected chi connectivity index (χ3v) is 9.26. The highest BCUT2D eigenvalue weighted by Crippen LogP contribution is 2.33. The van der Waals surface area contributed by atoms with Crippen LogP contribution in [0.15, 0.2) is 65.6 Å². The highest BCUT2D eigenvalue weighted by atomic mass is 35.5. The van der Waals surface area contributed by atoms with E-state index < -0.39 is 34.3 Å². The monoisotopic (exact) mass is 667 g/mol. The van der Waals surface area contributed by atoms with Crippen molar-refractivity contribution in [2.75, 3.05) is 31.6 Å². The number of nitrogens with zero attached hydrogens (tertiary/aromatic N) is 2. The number of benzene rings is 3. The number of carbonyl (C=O) groups excluding carboxylic acids is 2. The maximum absolute atomic E-state index is 14.2. The fraction of sp³-hybridized carbons (Fsp3) is 0.355. The zero-order chi connectivity index (χ0) is 32.4. The van der Waals surface area contributed by atoms with Gasteiger partial charge in [-0.25, -0.2) is 12.8 Å². The SMILES string of the molecule is CCCCNC(=O)[C@H](CC)N(Cc1ccc(Cl)cc1Cl)C(=O)CN(c1ccc(F)cc1)S(=O)(=O)c1ccc(OC)c(OC)c1. The van der Waals surface area contributed by atoms with Crippen LogP contribution in [0, 0.1) is 5.82 Å². The van der Waals surface area contributed by atoms with Gasteiger partial charge in [0.25, 0.3) is 10.0 Å². The minimum atomic E-state index is -4.43. The smallest absolute Gasteiger partial charge is 0.264 e. The van der Waals surface area contributed by atoms with Crippen molar-refractivity contribution < 1.29 is 31.9 Å². The average molecular weight is 669 g/mol. The minimum absolute atomic E-state index is 0.0412. The van der Waals surface area contributed by atoms with E-state index in [0.717, 1.165) is 29.3 Å². The van der Waals surface area contributed by atoms with Gasteiger partial charge < -0.3 is 19.7 Å². The maximum Gasteiger partial charge on any atom is 0.264 e. The van der Waals surface area contributed by atoms with Gasteiger partial charge in [-0.3, -0.25) is 13.9 Å². The van der Waals surface area contributed by atoms with Crippen molar-refractivity contribution in [3.8, 4) is 11.5 Å². The number of hydrogen-bond donors (Lipinski definition) is 1. The molecule has 1 atom stereocenters. The van der Waals surface area contributed by atoms with Crippen LogP contribution >= 0.6 is 23.2 Å². The Kier molecular flexibility index (Phi) is 12.7. The summed E-state index contributed by atoms with van der Waals surface area (Å²) in [6.07, 6.45) is 1.86. The van der Waals surface area contributed by atoms with Crippen LogP contribution in [0.5, 0.6) is 11.5 Å². The van der Waals surface area contributed by atoms with Crippen LogP contribution in [0.1, 0.15) is 38.7 Å². The van der Waals surface area contributed by atoms with E-state index in [1.807, 2.05) is 6.92 Å². The molecule has 3 rings (SSSR count). The number of methoxy groups -OCH3 is 2. The summed E-state index contributed by atoms with van der Waals surface area (Å²) in [4.78, 5) is 28.6. The first kappa shape index (κ1) is 34.9. The molecule has 9 nitrogen and oxygen atoms in total. The first-order valence-corrected chi connectivity index (χ1v) is 16.2. The molecule has 0 unspecified atom stereocenters. The standard InChI is InChI=1S/C31H36Cl2FN3O6S/c1-5-7-16-35-31(39)27(6-2)36(19-21-8-9-22(32)17-26(21)33)30(38)20-37(24-12-10-23(34)11-13-24)44(40,41)25-14-15-28(42-3)29(18-25)43-4/h8-15,17-18,27H,5-7,16,19-20H2,1-4H3,(H,35,39)/t27-/m0/s1. The molecule has 44 heavy (non-hydrogen) atoms. The number of hydrogen-bond acceptors (Lipinski definition) is 6. The Morgan fingerprint density at radius 2 is 1.64 bits per heavy atom. The summed E-state index contributed by atoms with van der Waals surface area (Å²) in [5, 5.41) is 3.54. The van der Waals surface area contributed by atoms with Crippen molar-refractivity contribution in [1.82, 2.24) is 10.2 Å². The van der Waals surface area contributed by atoms with Crippen LogP contribution in [0.4, 0.5) is 10.1 Å². The molecule has 0 aliphatic rings. The van der Waals surface area contributed by atoms with Crippen molar-refractivity contribution in [2.24, 2.45) is 0 Å². The average Bonchev–Trinajstić information content (AvgIpc) is 3.00. The molecule has 0 saturated heterocycles. The molecule has 1 N–H and O–H groups in total. The summed E-state index contributed by atoms with van der Waals surface area (Å²) >= 11 is 12.5. The summed E-state index contributed by atoms with van der Waals surface area (Å²) in [5.41, 5.74) is 0.555. The molecule has 0 aliphatic carbocycles. The number of halogens is 3. The Labute approximate surface area is 267 Å². The molecule has 0 aliphatic heterocycles. The van der Waals surface area contributed by atoms with Gasteiger partial charge in [-0.15, -0.1) is 0 Å². The van der Waals surface area contributed by atoms with Crippen LogP contribution in [-0.4, -0.2) is 58.5 Å². The Bertz CT molecular complexity index is 1560. The number of carbonyl (C=O) groups is 2. The fourth-order valence-electron chi connectivity index (χ4n) is 4.50.